The second-order valence-corrected chi connectivity index (χ2v) is 4.14. The van der Waals surface area contributed by atoms with E-state index in [4.69, 9.17) is 4.74 Å². The lowest BCUT2D eigenvalue weighted by atomic mass is 10.1. The third kappa shape index (κ3) is 4.04. The highest BCUT2D eigenvalue weighted by Crippen LogP contribution is 2.17. The lowest BCUT2D eigenvalue weighted by Crippen LogP contribution is -1.99. The molecule has 0 aliphatic heterocycles. The Hall–Kier alpha value is -0.830. The first-order chi connectivity index (χ1) is 7.27. The van der Waals surface area contributed by atoms with Gasteiger partial charge in [-0.05, 0) is 36.6 Å². The van der Waals surface area contributed by atoms with Crippen molar-refractivity contribution in [1.29, 1.82) is 0 Å². The fraction of sp³-hybridized carbons (Fsp3) is 0.417. The molecule has 0 spiro atoms. The van der Waals surface area contributed by atoms with Gasteiger partial charge in [0.1, 0.15) is 12.0 Å². The van der Waals surface area contributed by atoms with Gasteiger partial charge in [0.05, 0.1) is 6.61 Å². The van der Waals surface area contributed by atoms with Gasteiger partial charge in [-0.2, -0.15) is 0 Å². The van der Waals surface area contributed by atoms with E-state index in [0.29, 0.717) is 6.42 Å². The molecule has 0 radical (unpaired) electrons. The molecule has 1 aromatic rings. The van der Waals surface area contributed by atoms with Crippen molar-refractivity contribution in [1.82, 2.24) is 0 Å². The number of ether oxygens (including phenoxy) is 1. The molecule has 1 aromatic carbocycles. The average Bonchev–Trinajstić information content (AvgIpc) is 2.23. The van der Waals surface area contributed by atoms with Crippen LogP contribution in [0.15, 0.2) is 18.2 Å². The highest BCUT2D eigenvalue weighted by Gasteiger charge is 2.00. The van der Waals surface area contributed by atoms with Crippen molar-refractivity contribution in [3.05, 3.63) is 29.3 Å². The topological polar surface area (TPSA) is 26.3 Å². The van der Waals surface area contributed by atoms with E-state index in [1.54, 1.807) is 0 Å². The van der Waals surface area contributed by atoms with Crippen molar-refractivity contribution in [3.8, 4) is 5.75 Å². The molecule has 0 heterocycles. The smallest absolute Gasteiger partial charge is 0.124 e. The average molecular weight is 271 g/mol. The Bertz CT molecular complexity index is 323. The van der Waals surface area contributed by atoms with Crippen molar-refractivity contribution in [3.63, 3.8) is 0 Å². The molecular weight excluding hydrogens is 256 g/mol. The molecular formula is C12H15BrO2. The molecule has 0 bridgehead atoms. The van der Waals surface area contributed by atoms with Gasteiger partial charge in [0.15, 0.2) is 0 Å². The van der Waals surface area contributed by atoms with Crippen LogP contribution in [0.5, 0.6) is 5.75 Å². The zero-order valence-corrected chi connectivity index (χ0v) is 10.4. The van der Waals surface area contributed by atoms with Crippen LogP contribution in [-0.4, -0.2) is 18.2 Å². The number of rotatable bonds is 6. The maximum absolute atomic E-state index is 10.4. The molecule has 0 atom stereocenters. The van der Waals surface area contributed by atoms with Gasteiger partial charge in [0.25, 0.3) is 0 Å². The van der Waals surface area contributed by atoms with Crippen molar-refractivity contribution in [2.75, 3.05) is 11.9 Å². The van der Waals surface area contributed by atoms with E-state index < -0.39 is 0 Å². The molecule has 3 heteroatoms. The van der Waals surface area contributed by atoms with Crippen LogP contribution in [0.4, 0.5) is 0 Å². The molecule has 0 unspecified atom stereocenters. The maximum Gasteiger partial charge on any atom is 0.124 e. The molecule has 82 valence electrons. The highest BCUT2D eigenvalue weighted by molar-refractivity contribution is 9.09. The van der Waals surface area contributed by atoms with Crippen molar-refractivity contribution < 1.29 is 9.53 Å². The number of hydrogen-bond acceptors (Lipinski definition) is 2. The molecule has 0 aliphatic rings. The predicted octanol–water partition coefficient (Wildman–Crippen LogP) is 2.90. The quantitative estimate of drug-likeness (QED) is 0.452. The Morgan fingerprint density at radius 3 is 2.87 bits per heavy atom. The van der Waals surface area contributed by atoms with E-state index in [9.17, 15) is 4.79 Å². The van der Waals surface area contributed by atoms with E-state index in [1.807, 2.05) is 25.1 Å². The van der Waals surface area contributed by atoms with E-state index >= 15 is 0 Å². The summed E-state index contributed by atoms with van der Waals surface area (Å²) in [5.74, 6) is 0.878. The van der Waals surface area contributed by atoms with Crippen LogP contribution in [0.2, 0.25) is 0 Å². The maximum atomic E-state index is 10.4. The van der Waals surface area contributed by atoms with Crippen molar-refractivity contribution >= 4 is 22.2 Å². The summed E-state index contributed by atoms with van der Waals surface area (Å²) in [6, 6.07) is 5.85. The fourth-order valence-corrected chi connectivity index (χ4v) is 1.55. The minimum absolute atomic E-state index is 0.480. The van der Waals surface area contributed by atoms with Crippen LogP contribution in [0.3, 0.4) is 0 Å². The minimum atomic E-state index is 0.480. The lowest BCUT2D eigenvalue weighted by Gasteiger charge is -2.08. The summed E-state index contributed by atoms with van der Waals surface area (Å²) in [5, 5.41) is 0.954. The number of carbonyl (C=O) groups is 1. The number of alkyl halides is 1. The monoisotopic (exact) mass is 270 g/mol. The first-order valence-electron chi connectivity index (χ1n) is 5.00. The second kappa shape index (κ2) is 6.62. The molecule has 15 heavy (non-hydrogen) atoms. The van der Waals surface area contributed by atoms with Gasteiger partial charge in [0.2, 0.25) is 0 Å². The van der Waals surface area contributed by atoms with Gasteiger partial charge in [-0.15, -0.1) is 0 Å². The predicted molar refractivity (Wildman–Crippen MR) is 64.9 cm³/mol. The van der Waals surface area contributed by atoms with Gasteiger partial charge in [-0.1, -0.05) is 22.0 Å². The Balaban J connectivity index is 2.60. The molecule has 0 aromatic heterocycles. The summed E-state index contributed by atoms with van der Waals surface area (Å²) in [7, 11) is 0. The van der Waals surface area contributed by atoms with Crippen LogP contribution in [0.25, 0.3) is 0 Å². The normalized spacial score (nSPS) is 10.0. The molecule has 0 fully saturated rings. The summed E-state index contributed by atoms with van der Waals surface area (Å²) < 4.78 is 5.54. The first-order valence-corrected chi connectivity index (χ1v) is 6.12. The van der Waals surface area contributed by atoms with Crippen molar-refractivity contribution in [2.24, 2.45) is 0 Å². The molecule has 1 rings (SSSR count). The Morgan fingerprint density at radius 1 is 1.47 bits per heavy atom. The van der Waals surface area contributed by atoms with Crippen LogP contribution in [0, 0.1) is 6.92 Å². The molecule has 0 amide bonds. The van der Waals surface area contributed by atoms with E-state index in [-0.39, 0.29) is 0 Å². The number of aldehydes is 1. The van der Waals surface area contributed by atoms with Crippen LogP contribution in [0.1, 0.15) is 17.5 Å². The summed E-state index contributed by atoms with van der Waals surface area (Å²) in [5.41, 5.74) is 2.18. The standard InChI is InChI=1S/C12H15BrO2/c1-10-9-12(15-8-2-6-13)4-3-11(10)5-7-14/h3-4,7,9H,2,5-6,8H2,1H3. The van der Waals surface area contributed by atoms with Crippen LogP contribution in [-0.2, 0) is 11.2 Å². The third-order valence-electron chi connectivity index (χ3n) is 2.16. The van der Waals surface area contributed by atoms with Crippen molar-refractivity contribution in [2.45, 2.75) is 19.8 Å². The summed E-state index contributed by atoms with van der Waals surface area (Å²) in [6.07, 6.45) is 2.40. The molecule has 0 N–H and O–H groups in total. The van der Waals surface area contributed by atoms with E-state index in [2.05, 4.69) is 15.9 Å². The highest BCUT2D eigenvalue weighted by atomic mass is 79.9. The van der Waals surface area contributed by atoms with Gasteiger partial charge in [-0.3, -0.25) is 0 Å². The summed E-state index contributed by atoms with van der Waals surface area (Å²) >= 11 is 3.35. The van der Waals surface area contributed by atoms with E-state index in [1.165, 1.54) is 0 Å². The largest absolute Gasteiger partial charge is 0.494 e. The van der Waals surface area contributed by atoms with Gasteiger partial charge < -0.3 is 9.53 Å². The Morgan fingerprint density at radius 2 is 2.27 bits per heavy atom. The molecule has 0 saturated carbocycles. The minimum Gasteiger partial charge on any atom is -0.494 e. The second-order valence-electron chi connectivity index (χ2n) is 3.35. The third-order valence-corrected chi connectivity index (χ3v) is 2.72. The summed E-state index contributed by atoms with van der Waals surface area (Å²) in [4.78, 5) is 10.4. The van der Waals surface area contributed by atoms with E-state index in [0.717, 1.165) is 41.5 Å². The number of hydrogen-bond donors (Lipinski definition) is 0. The first kappa shape index (κ1) is 12.2. The summed E-state index contributed by atoms with van der Waals surface area (Å²) in [6.45, 7) is 2.72. The molecule has 0 aliphatic carbocycles. The van der Waals surface area contributed by atoms with Gasteiger partial charge in [0, 0.05) is 11.8 Å². The lowest BCUT2D eigenvalue weighted by molar-refractivity contribution is -0.107. The molecule has 0 saturated heterocycles. The SMILES string of the molecule is Cc1cc(OCCCBr)ccc1CC=O. The van der Waals surface area contributed by atoms with Gasteiger partial charge >= 0.3 is 0 Å². The van der Waals surface area contributed by atoms with Crippen LogP contribution >= 0.6 is 15.9 Å². The number of aryl methyl sites for hydroxylation is 1. The Labute approximate surface area is 98.8 Å². The zero-order chi connectivity index (χ0) is 11.1. The Kier molecular flexibility index (Phi) is 5.40. The number of carbonyl (C=O) groups excluding carboxylic acids is 1. The fourth-order valence-electron chi connectivity index (χ4n) is 1.32. The number of benzene rings is 1. The number of halogens is 1. The van der Waals surface area contributed by atoms with Crippen LogP contribution < -0.4 is 4.74 Å². The van der Waals surface area contributed by atoms with Gasteiger partial charge in [-0.25, -0.2) is 0 Å². The zero-order valence-electron chi connectivity index (χ0n) is 8.83. The molecule has 2 nitrogen and oxygen atoms in total.